The first kappa shape index (κ1) is 40.8. The third kappa shape index (κ3) is 7.06. The predicted octanol–water partition coefficient (Wildman–Crippen LogP) is -0.0309. The van der Waals surface area contributed by atoms with Crippen molar-refractivity contribution >= 4 is 0 Å². The fraction of sp³-hybridized carbons (Fsp3) is 0.947. The molecule has 6 aliphatic rings. The van der Waals surface area contributed by atoms with E-state index in [1.807, 2.05) is 13.0 Å². The van der Waals surface area contributed by atoms with E-state index in [1.54, 1.807) is 0 Å². The van der Waals surface area contributed by atoms with Gasteiger partial charge in [-0.05, 0) is 72.2 Å². The molecule has 0 radical (unpaired) electrons. The molecular weight excluding hydrogens is 680 g/mol. The molecule has 14 nitrogen and oxygen atoms in total. The maximum absolute atomic E-state index is 12.8. The summed E-state index contributed by atoms with van der Waals surface area (Å²) >= 11 is 0. The Balaban J connectivity index is 1.10. The van der Waals surface area contributed by atoms with Gasteiger partial charge in [-0.3, -0.25) is 0 Å². The van der Waals surface area contributed by atoms with Crippen molar-refractivity contribution in [1.82, 2.24) is 0 Å². The molecule has 20 atom stereocenters. The van der Waals surface area contributed by atoms with Gasteiger partial charge in [0, 0.05) is 19.4 Å². The molecule has 9 N–H and O–H groups in total. The maximum atomic E-state index is 12.8. The fourth-order valence-corrected chi connectivity index (χ4v) is 11.6. The van der Waals surface area contributed by atoms with E-state index in [9.17, 15) is 46.0 Å². The lowest BCUT2D eigenvalue weighted by Crippen LogP contribution is -2.66. The lowest BCUT2D eigenvalue weighted by molar-refractivity contribution is -0.285. The Morgan fingerprint density at radius 2 is 1.50 bits per heavy atom. The molecule has 5 fully saturated rings. The first-order valence-electron chi connectivity index (χ1n) is 19.4. The van der Waals surface area contributed by atoms with Gasteiger partial charge in [-0.2, -0.15) is 0 Å². The summed E-state index contributed by atoms with van der Waals surface area (Å²) in [5, 5.41) is 98.1. The highest BCUT2D eigenvalue weighted by atomic mass is 16.7. The van der Waals surface area contributed by atoms with Crippen LogP contribution in [0.5, 0.6) is 0 Å². The molecule has 20 unspecified atom stereocenters. The Morgan fingerprint density at radius 3 is 2.19 bits per heavy atom. The van der Waals surface area contributed by atoms with Crippen LogP contribution in [0.1, 0.15) is 79.1 Å². The molecule has 4 aliphatic carbocycles. The van der Waals surface area contributed by atoms with Gasteiger partial charge in [-0.15, -0.1) is 0 Å². The van der Waals surface area contributed by atoms with Crippen molar-refractivity contribution in [3.8, 4) is 0 Å². The minimum atomic E-state index is -1.41. The van der Waals surface area contributed by atoms with Gasteiger partial charge in [0.15, 0.2) is 12.6 Å². The molecule has 3 saturated carbocycles. The van der Waals surface area contributed by atoms with Gasteiger partial charge in [0.2, 0.25) is 0 Å². The van der Waals surface area contributed by atoms with E-state index in [2.05, 4.69) is 20.8 Å². The number of hydrogen-bond donors (Lipinski definition) is 9. The quantitative estimate of drug-likeness (QED) is 0.127. The van der Waals surface area contributed by atoms with Crippen molar-refractivity contribution in [2.75, 3.05) is 26.9 Å². The number of methoxy groups -OCH3 is 1. The monoisotopic (exact) mass is 744 g/mol. The highest BCUT2D eigenvalue weighted by molar-refractivity contribution is 5.33. The van der Waals surface area contributed by atoms with Gasteiger partial charge in [0.25, 0.3) is 0 Å². The maximum Gasteiger partial charge on any atom is 0.187 e. The smallest absolute Gasteiger partial charge is 0.187 e. The van der Waals surface area contributed by atoms with E-state index in [0.29, 0.717) is 32.3 Å². The van der Waals surface area contributed by atoms with Crippen LogP contribution in [0.4, 0.5) is 0 Å². The Morgan fingerprint density at radius 1 is 0.827 bits per heavy atom. The number of aliphatic hydroxyl groups excluding tert-OH is 8. The van der Waals surface area contributed by atoms with Gasteiger partial charge in [-0.1, -0.05) is 46.6 Å². The van der Waals surface area contributed by atoms with E-state index in [-0.39, 0.29) is 43.3 Å². The molecule has 2 heterocycles. The molecule has 2 saturated heterocycles. The molecular formula is C38H64O14. The van der Waals surface area contributed by atoms with E-state index >= 15 is 0 Å². The van der Waals surface area contributed by atoms with Crippen molar-refractivity contribution in [2.24, 2.45) is 40.4 Å². The second kappa shape index (κ2) is 15.6. The first-order valence-corrected chi connectivity index (χ1v) is 19.4. The standard InChI is InChI=1S/C38H64O14/c1-18(15-49-34-31(46)27(42)23(40)16-50-34)7-6-8-19(2)26-29(44)30(45)33-37(26,4)12-10-25-36(3)11-9-20(13-21(36)22(39)14-38(25,33)47)52-35-32(48-5)28(43)24(41)17-51-35/h13,18-20,22-35,39-47H,6-12,14-17H2,1-5H3. The Labute approximate surface area is 306 Å². The normalized spacial score (nSPS) is 51.9. The number of aliphatic hydroxyl groups is 9. The molecule has 0 aromatic rings. The van der Waals surface area contributed by atoms with Crippen molar-refractivity contribution in [3.05, 3.63) is 11.6 Å². The minimum Gasteiger partial charge on any atom is -0.390 e. The van der Waals surface area contributed by atoms with Gasteiger partial charge < -0.3 is 69.6 Å². The van der Waals surface area contributed by atoms with Crippen LogP contribution in [0, 0.1) is 40.4 Å². The summed E-state index contributed by atoms with van der Waals surface area (Å²) in [6.45, 7) is 8.41. The molecule has 14 heteroatoms. The van der Waals surface area contributed by atoms with Crippen molar-refractivity contribution < 1.29 is 69.6 Å². The summed E-state index contributed by atoms with van der Waals surface area (Å²) in [7, 11) is 1.42. The van der Waals surface area contributed by atoms with Crippen molar-refractivity contribution in [3.63, 3.8) is 0 Å². The Kier molecular flexibility index (Phi) is 12.3. The van der Waals surface area contributed by atoms with Crippen LogP contribution >= 0.6 is 0 Å². The minimum absolute atomic E-state index is 0.0371. The lowest BCUT2D eigenvalue weighted by atomic mass is 9.43. The van der Waals surface area contributed by atoms with Gasteiger partial charge in [-0.25, -0.2) is 0 Å². The molecule has 0 aromatic heterocycles. The zero-order valence-electron chi connectivity index (χ0n) is 31.2. The highest BCUT2D eigenvalue weighted by Crippen LogP contribution is 2.69. The van der Waals surface area contributed by atoms with E-state index in [1.165, 1.54) is 7.11 Å². The molecule has 0 amide bonds. The van der Waals surface area contributed by atoms with Gasteiger partial charge in [0.1, 0.15) is 36.6 Å². The number of fused-ring (bicyclic) bond motifs is 5. The number of rotatable bonds is 11. The second-order valence-corrected chi connectivity index (χ2v) is 17.6. The molecule has 0 aromatic carbocycles. The van der Waals surface area contributed by atoms with Crippen molar-refractivity contribution in [2.45, 2.75) is 158 Å². The summed E-state index contributed by atoms with van der Waals surface area (Å²) in [4.78, 5) is 0. The average molecular weight is 745 g/mol. The average Bonchev–Trinajstić information content (AvgIpc) is 3.30. The third-order valence-corrected chi connectivity index (χ3v) is 14.2. The van der Waals surface area contributed by atoms with Crippen LogP contribution < -0.4 is 0 Å². The van der Waals surface area contributed by atoms with Crippen LogP contribution in [0.2, 0.25) is 0 Å². The van der Waals surface area contributed by atoms with Crippen LogP contribution in [0.3, 0.4) is 0 Å². The second-order valence-electron chi connectivity index (χ2n) is 17.6. The lowest BCUT2D eigenvalue weighted by Gasteiger charge is -2.64. The summed E-state index contributed by atoms with van der Waals surface area (Å²) in [6.07, 6.45) is -5.47. The molecule has 52 heavy (non-hydrogen) atoms. The number of hydrogen-bond acceptors (Lipinski definition) is 14. The Bertz CT molecular complexity index is 1250. The van der Waals surface area contributed by atoms with Crippen LogP contribution in [0.15, 0.2) is 11.6 Å². The molecule has 2 aliphatic heterocycles. The number of ether oxygens (including phenoxy) is 5. The van der Waals surface area contributed by atoms with Crippen LogP contribution in [-0.2, 0) is 23.7 Å². The van der Waals surface area contributed by atoms with Gasteiger partial charge in [0.05, 0.1) is 49.8 Å². The predicted molar refractivity (Wildman–Crippen MR) is 184 cm³/mol. The topological polar surface area (TPSA) is 228 Å². The highest BCUT2D eigenvalue weighted by Gasteiger charge is 2.72. The third-order valence-electron chi connectivity index (χ3n) is 14.2. The van der Waals surface area contributed by atoms with Crippen LogP contribution in [0.25, 0.3) is 0 Å². The summed E-state index contributed by atoms with van der Waals surface area (Å²) < 4.78 is 28.4. The first-order chi connectivity index (χ1) is 24.5. The molecule has 300 valence electrons. The largest absolute Gasteiger partial charge is 0.390 e. The fourth-order valence-electron chi connectivity index (χ4n) is 11.6. The molecule has 0 bridgehead atoms. The van der Waals surface area contributed by atoms with E-state index < -0.39 is 96.0 Å². The summed E-state index contributed by atoms with van der Waals surface area (Å²) in [6, 6.07) is 0. The summed E-state index contributed by atoms with van der Waals surface area (Å²) in [5.74, 6) is -0.980. The zero-order chi connectivity index (χ0) is 37.9. The zero-order valence-corrected chi connectivity index (χ0v) is 31.2. The van der Waals surface area contributed by atoms with Crippen LogP contribution in [-0.4, -0.2) is 152 Å². The molecule has 6 rings (SSSR count). The SMILES string of the molecule is COC1C(OC2C=C3C(O)CC4(O)C(CCC5(C)C(C(C)CCCC(C)COC6OCC(O)C(O)C6O)C(O)C(O)C54)C3(C)CC2)OCC(O)C1O. The molecule has 0 spiro atoms. The van der Waals surface area contributed by atoms with Gasteiger partial charge >= 0.3 is 0 Å². The summed E-state index contributed by atoms with van der Waals surface area (Å²) in [5.41, 5.74) is -1.74. The van der Waals surface area contributed by atoms with E-state index in [4.69, 9.17) is 23.7 Å². The Hall–Kier alpha value is -0.820. The van der Waals surface area contributed by atoms with Crippen molar-refractivity contribution in [1.29, 1.82) is 0 Å². The van der Waals surface area contributed by atoms with E-state index in [0.717, 1.165) is 24.8 Å².